The molecule has 1 saturated carbocycles. The van der Waals surface area contributed by atoms with Gasteiger partial charge in [0.1, 0.15) is 0 Å². The molecule has 0 saturated heterocycles. The Morgan fingerprint density at radius 1 is 0.920 bits per heavy atom. The molecule has 1 aliphatic rings. The van der Waals surface area contributed by atoms with Crippen LogP contribution in [0.15, 0.2) is 60.7 Å². The highest BCUT2D eigenvalue weighted by Crippen LogP contribution is 2.34. The van der Waals surface area contributed by atoms with Gasteiger partial charge in [-0.05, 0) is 36.8 Å². The third-order valence-corrected chi connectivity index (χ3v) is 5.56. The fourth-order valence-corrected chi connectivity index (χ4v) is 3.87. The van der Waals surface area contributed by atoms with E-state index in [4.69, 9.17) is 4.74 Å². The molecule has 3 rings (SSSR count). The van der Waals surface area contributed by atoms with Gasteiger partial charge in [0.15, 0.2) is 0 Å². The molecule has 0 unspecified atom stereocenters. The summed E-state index contributed by atoms with van der Waals surface area (Å²) in [6.07, 6.45) is 3.97. The van der Waals surface area contributed by atoms with E-state index in [2.05, 4.69) is 65.6 Å². The van der Waals surface area contributed by atoms with Gasteiger partial charge in [-0.1, -0.05) is 60.7 Å². The van der Waals surface area contributed by atoms with Crippen LogP contribution in [0.1, 0.15) is 36.8 Å². The summed E-state index contributed by atoms with van der Waals surface area (Å²) in [5.41, 5.74) is 2.37. The van der Waals surface area contributed by atoms with Crippen molar-refractivity contribution < 1.29 is 9.84 Å². The maximum Gasteiger partial charge on any atom is 0.0909 e. The van der Waals surface area contributed by atoms with Gasteiger partial charge in [0, 0.05) is 26.2 Å². The van der Waals surface area contributed by atoms with Crippen LogP contribution >= 0.6 is 0 Å². The van der Waals surface area contributed by atoms with Crippen LogP contribution in [0.5, 0.6) is 0 Å². The Morgan fingerprint density at radius 2 is 1.40 bits per heavy atom. The molecular weight excluding hydrogens is 310 g/mol. The van der Waals surface area contributed by atoms with Gasteiger partial charge in [0.2, 0.25) is 0 Å². The van der Waals surface area contributed by atoms with Crippen molar-refractivity contribution in [1.82, 2.24) is 4.90 Å². The number of benzene rings is 2. The minimum Gasteiger partial charge on any atom is -0.393 e. The number of rotatable bonds is 7. The topological polar surface area (TPSA) is 32.7 Å². The number of methoxy groups -OCH3 is 1. The van der Waals surface area contributed by atoms with Crippen LogP contribution < -0.4 is 0 Å². The van der Waals surface area contributed by atoms with Gasteiger partial charge in [-0.3, -0.25) is 4.90 Å². The predicted molar refractivity (Wildman–Crippen MR) is 101 cm³/mol. The first-order chi connectivity index (χ1) is 12.2. The summed E-state index contributed by atoms with van der Waals surface area (Å²) < 4.78 is 5.62. The fourth-order valence-electron chi connectivity index (χ4n) is 3.87. The Bertz CT molecular complexity index is 573. The van der Waals surface area contributed by atoms with Gasteiger partial charge in [-0.25, -0.2) is 0 Å². The number of aliphatic hydroxyl groups excluding tert-OH is 1. The smallest absolute Gasteiger partial charge is 0.0909 e. The van der Waals surface area contributed by atoms with Crippen molar-refractivity contribution in [3.05, 3.63) is 71.8 Å². The molecule has 1 fully saturated rings. The van der Waals surface area contributed by atoms with E-state index in [0.717, 1.165) is 38.8 Å². The molecule has 0 aromatic heterocycles. The molecule has 2 aromatic rings. The number of hydrogen-bond acceptors (Lipinski definition) is 3. The van der Waals surface area contributed by atoms with Gasteiger partial charge in [0.25, 0.3) is 0 Å². The van der Waals surface area contributed by atoms with Crippen LogP contribution in [0.4, 0.5) is 0 Å². The Morgan fingerprint density at radius 3 is 1.80 bits per heavy atom. The standard InChI is InChI=1S/C22H29NO2/c1-25-22(18-24)14-12-21(13-15-22)23(16-19-8-4-2-5-9-19)17-20-10-6-3-7-11-20/h2-11,21,24H,12-18H2,1H3. The van der Waals surface area contributed by atoms with Crippen LogP contribution in [0.2, 0.25) is 0 Å². The van der Waals surface area contributed by atoms with E-state index in [9.17, 15) is 5.11 Å². The molecule has 0 bridgehead atoms. The number of nitrogens with zero attached hydrogens (tertiary/aromatic N) is 1. The number of ether oxygens (including phenoxy) is 1. The minimum atomic E-state index is -0.332. The van der Waals surface area contributed by atoms with Gasteiger partial charge in [-0.15, -0.1) is 0 Å². The molecule has 0 heterocycles. The maximum absolute atomic E-state index is 9.70. The summed E-state index contributed by atoms with van der Waals surface area (Å²) in [5, 5.41) is 9.70. The second-order valence-corrected chi connectivity index (χ2v) is 7.15. The molecular formula is C22H29NO2. The molecule has 3 nitrogen and oxygen atoms in total. The van der Waals surface area contributed by atoms with Crippen molar-refractivity contribution in [2.45, 2.75) is 50.4 Å². The first-order valence-corrected chi connectivity index (χ1v) is 9.22. The van der Waals surface area contributed by atoms with Crippen LogP contribution in [-0.2, 0) is 17.8 Å². The SMILES string of the molecule is COC1(CO)CCC(N(Cc2ccccc2)Cc2ccccc2)CC1. The second-order valence-electron chi connectivity index (χ2n) is 7.15. The molecule has 0 radical (unpaired) electrons. The quantitative estimate of drug-likeness (QED) is 0.827. The lowest BCUT2D eigenvalue weighted by Crippen LogP contribution is -2.46. The van der Waals surface area contributed by atoms with E-state index < -0.39 is 0 Å². The normalized spacial score (nSPS) is 23.7. The maximum atomic E-state index is 9.70. The molecule has 1 N–H and O–H groups in total. The highest BCUT2D eigenvalue weighted by molar-refractivity contribution is 5.17. The lowest BCUT2D eigenvalue weighted by Gasteiger charge is -2.42. The summed E-state index contributed by atoms with van der Waals surface area (Å²) in [6, 6.07) is 21.9. The summed E-state index contributed by atoms with van der Waals surface area (Å²) in [5.74, 6) is 0. The Kier molecular flexibility index (Phi) is 6.24. The third-order valence-electron chi connectivity index (χ3n) is 5.56. The zero-order valence-electron chi connectivity index (χ0n) is 15.1. The fraction of sp³-hybridized carbons (Fsp3) is 0.455. The zero-order valence-corrected chi connectivity index (χ0v) is 15.1. The summed E-state index contributed by atoms with van der Waals surface area (Å²) in [7, 11) is 1.72. The highest BCUT2D eigenvalue weighted by atomic mass is 16.5. The summed E-state index contributed by atoms with van der Waals surface area (Å²) >= 11 is 0. The lowest BCUT2D eigenvalue weighted by molar-refractivity contribution is -0.0887. The third kappa shape index (κ3) is 4.69. The molecule has 0 aliphatic heterocycles. The monoisotopic (exact) mass is 339 g/mol. The molecule has 134 valence electrons. The summed E-state index contributed by atoms with van der Waals surface area (Å²) in [6.45, 7) is 2.03. The molecule has 0 amide bonds. The van der Waals surface area contributed by atoms with Crippen LogP contribution in [0, 0.1) is 0 Å². The van der Waals surface area contributed by atoms with Crippen molar-refractivity contribution in [2.75, 3.05) is 13.7 Å². The number of aliphatic hydroxyl groups is 1. The van der Waals surface area contributed by atoms with Crippen molar-refractivity contribution in [3.8, 4) is 0 Å². The molecule has 25 heavy (non-hydrogen) atoms. The average molecular weight is 339 g/mol. The Balaban J connectivity index is 1.72. The highest BCUT2D eigenvalue weighted by Gasteiger charge is 2.36. The average Bonchev–Trinajstić information content (AvgIpc) is 2.69. The van der Waals surface area contributed by atoms with E-state index in [0.29, 0.717) is 6.04 Å². The van der Waals surface area contributed by atoms with Gasteiger partial charge < -0.3 is 9.84 Å². The van der Waals surface area contributed by atoms with Gasteiger partial charge in [-0.2, -0.15) is 0 Å². The largest absolute Gasteiger partial charge is 0.393 e. The predicted octanol–water partition coefficient (Wildman–Crippen LogP) is 4.01. The van der Waals surface area contributed by atoms with Crippen LogP contribution in [-0.4, -0.2) is 35.4 Å². The lowest BCUT2D eigenvalue weighted by atomic mass is 9.81. The van der Waals surface area contributed by atoms with Gasteiger partial charge >= 0.3 is 0 Å². The van der Waals surface area contributed by atoms with E-state index >= 15 is 0 Å². The van der Waals surface area contributed by atoms with Crippen molar-refractivity contribution >= 4 is 0 Å². The van der Waals surface area contributed by atoms with Gasteiger partial charge in [0.05, 0.1) is 12.2 Å². The van der Waals surface area contributed by atoms with E-state index in [1.54, 1.807) is 7.11 Å². The molecule has 1 aliphatic carbocycles. The van der Waals surface area contributed by atoms with Crippen molar-refractivity contribution in [3.63, 3.8) is 0 Å². The summed E-state index contributed by atoms with van der Waals surface area (Å²) in [4.78, 5) is 2.58. The Hall–Kier alpha value is -1.68. The molecule has 3 heteroatoms. The van der Waals surface area contributed by atoms with E-state index in [1.807, 2.05) is 0 Å². The van der Waals surface area contributed by atoms with Crippen LogP contribution in [0.3, 0.4) is 0 Å². The first kappa shape index (κ1) is 18.1. The second kappa shape index (κ2) is 8.61. The minimum absolute atomic E-state index is 0.119. The van der Waals surface area contributed by atoms with Crippen LogP contribution in [0.25, 0.3) is 0 Å². The van der Waals surface area contributed by atoms with E-state index in [-0.39, 0.29) is 12.2 Å². The zero-order chi connectivity index (χ0) is 17.5. The molecule has 2 aromatic carbocycles. The number of hydrogen-bond donors (Lipinski definition) is 1. The van der Waals surface area contributed by atoms with Crippen molar-refractivity contribution in [2.24, 2.45) is 0 Å². The molecule has 0 spiro atoms. The van der Waals surface area contributed by atoms with Crippen molar-refractivity contribution in [1.29, 1.82) is 0 Å². The molecule has 0 atom stereocenters. The van der Waals surface area contributed by atoms with E-state index in [1.165, 1.54) is 11.1 Å². The first-order valence-electron chi connectivity index (χ1n) is 9.22. The Labute approximate surface area is 151 Å².